The van der Waals surface area contributed by atoms with Gasteiger partial charge in [-0.3, -0.25) is 9.59 Å². The van der Waals surface area contributed by atoms with Gasteiger partial charge in [-0.15, -0.1) is 0 Å². The molecule has 0 saturated carbocycles. The first-order valence-electron chi connectivity index (χ1n) is 8.89. The number of unbranched alkanes of at least 4 members (excludes halogenated alkanes) is 2. The normalized spacial score (nSPS) is 14.4. The molecule has 6 heteroatoms. The maximum absolute atomic E-state index is 12.7. The summed E-state index contributed by atoms with van der Waals surface area (Å²) in [6.07, 6.45) is 3.74. The third-order valence-corrected chi connectivity index (χ3v) is 4.51. The lowest BCUT2D eigenvalue weighted by atomic mass is 10.1. The predicted molar refractivity (Wildman–Crippen MR) is 96.2 cm³/mol. The lowest BCUT2D eigenvalue weighted by Gasteiger charge is -2.35. The molecule has 138 valence electrons. The van der Waals surface area contributed by atoms with Gasteiger partial charge in [-0.05, 0) is 18.6 Å². The van der Waals surface area contributed by atoms with Gasteiger partial charge in [-0.1, -0.05) is 19.8 Å². The maximum atomic E-state index is 12.7. The molecule has 1 aromatic carbocycles. The molecule has 1 saturated heterocycles. The van der Waals surface area contributed by atoms with E-state index in [0.29, 0.717) is 49.7 Å². The van der Waals surface area contributed by atoms with Crippen LogP contribution in [0.3, 0.4) is 0 Å². The molecule has 1 aliphatic rings. The number of piperazine rings is 1. The summed E-state index contributed by atoms with van der Waals surface area (Å²) in [6, 6.07) is 5.17. The molecule has 1 heterocycles. The van der Waals surface area contributed by atoms with Crippen molar-refractivity contribution in [2.75, 3.05) is 40.4 Å². The van der Waals surface area contributed by atoms with E-state index in [1.807, 2.05) is 4.90 Å². The van der Waals surface area contributed by atoms with Crippen molar-refractivity contribution in [3.63, 3.8) is 0 Å². The molecule has 1 aliphatic heterocycles. The van der Waals surface area contributed by atoms with E-state index in [1.54, 1.807) is 37.3 Å². The number of benzene rings is 1. The fourth-order valence-corrected chi connectivity index (χ4v) is 2.96. The van der Waals surface area contributed by atoms with E-state index in [-0.39, 0.29) is 11.8 Å². The van der Waals surface area contributed by atoms with Crippen molar-refractivity contribution in [2.24, 2.45) is 0 Å². The van der Waals surface area contributed by atoms with Crippen molar-refractivity contribution in [1.82, 2.24) is 9.80 Å². The number of hydrogen-bond donors (Lipinski definition) is 0. The molecule has 2 amide bonds. The standard InChI is InChI=1S/C19H28N2O4/c1-4-5-6-7-18(22)20-8-10-21(11-9-20)19(23)15-12-16(24-2)14-17(13-15)25-3/h12-14H,4-11H2,1-3H3. The second-order valence-corrected chi connectivity index (χ2v) is 6.23. The van der Waals surface area contributed by atoms with Crippen LogP contribution in [-0.4, -0.2) is 62.0 Å². The highest BCUT2D eigenvalue weighted by atomic mass is 16.5. The summed E-state index contributed by atoms with van der Waals surface area (Å²) in [5.41, 5.74) is 0.541. The van der Waals surface area contributed by atoms with Gasteiger partial charge in [0.05, 0.1) is 14.2 Å². The minimum atomic E-state index is -0.0599. The molecule has 1 fully saturated rings. The molecule has 0 N–H and O–H groups in total. The zero-order chi connectivity index (χ0) is 18.2. The lowest BCUT2D eigenvalue weighted by Crippen LogP contribution is -2.50. The van der Waals surface area contributed by atoms with E-state index < -0.39 is 0 Å². The third kappa shape index (κ3) is 5.11. The van der Waals surface area contributed by atoms with Crippen molar-refractivity contribution < 1.29 is 19.1 Å². The summed E-state index contributed by atoms with van der Waals surface area (Å²) in [4.78, 5) is 28.6. The molecule has 0 aliphatic carbocycles. The highest BCUT2D eigenvalue weighted by molar-refractivity contribution is 5.95. The van der Waals surface area contributed by atoms with Gasteiger partial charge in [0, 0.05) is 44.2 Å². The monoisotopic (exact) mass is 348 g/mol. The summed E-state index contributed by atoms with van der Waals surface area (Å²) in [5, 5.41) is 0. The first kappa shape index (κ1) is 19.1. The Balaban J connectivity index is 1.94. The van der Waals surface area contributed by atoms with Crippen LogP contribution < -0.4 is 9.47 Å². The zero-order valence-electron chi connectivity index (χ0n) is 15.4. The van der Waals surface area contributed by atoms with Crippen molar-refractivity contribution >= 4 is 11.8 Å². The summed E-state index contributed by atoms with van der Waals surface area (Å²) in [6.45, 7) is 4.42. The molecule has 0 spiro atoms. The van der Waals surface area contributed by atoms with Gasteiger partial charge in [-0.25, -0.2) is 0 Å². The Bertz CT molecular complexity index is 573. The molecular weight excluding hydrogens is 320 g/mol. The largest absolute Gasteiger partial charge is 0.497 e. The van der Waals surface area contributed by atoms with E-state index in [9.17, 15) is 9.59 Å². The second kappa shape index (κ2) is 9.30. The van der Waals surface area contributed by atoms with Crippen LogP contribution in [0.4, 0.5) is 0 Å². The van der Waals surface area contributed by atoms with Gasteiger partial charge in [0.1, 0.15) is 11.5 Å². The maximum Gasteiger partial charge on any atom is 0.254 e. The summed E-state index contributed by atoms with van der Waals surface area (Å²) < 4.78 is 10.5. The van der Waals surface area contributed by atoms with Crippen molar-refractivity contribution in [3.8, 4) is 11.5 Å². The van der Waals surface area contributed by atoms with Crippen LogP contribution in [-0.2, 0) is 4.79 Å². The number of carbonyl (C=O) groups is 2. The third-order valence-electron chi connectivity index (χ3n) is 4.51. The molecule has 1 aromatic rings. The van der Waals surface area contributed by atoms with E-state index in [0.717, 1.165) is 19.3 Å². The number of nitrogens with zero attached hydrogens (tertiary/aromatic N) is 2. The first-order valence-corrected chi connectivity index (χ1v) is 8.89. The summed E-state index contributed by atoms with van der Waals surface area (Å²) in [5.74, 6) is 1.32. The number of amides is 2. The fourth-order valence-electron chi connectivity index (χ4n) is 2.96. The molecule has 2 rings (SSSR count). The highest BCUT2D eigenvalue weighted by Crippen LogP contribution is 2.24. The Morgan fingerprint density at radius 2 is 1.48 bits per heavy atom. The van der Waals surface area contributed by atoms with Gasteiger partial charge in [0.2, 0.25) is 5.91 Å². The van der Waals surface area contributed by atoms with Crippen LogP contribution in [0, 0.1) is 0 Å². The van der Waals surface area contributed by atoms with E-state index in [4.69, 9.17) is 9.47 Å². The van der Waals surface area contributed by atoms with E-state index in [1.165, 1.54) is 0 Å². The average molecular weight is 348 g/mol. The second-order valence-electron chi connectivity index (χ2n) is 6.23. The predicted octanol–water partition coefficient (Wildman–Crippen LogP) is 2.57. The average Bonchev–Trinajstić information content (AvgIpc) is 2.67. The lowest BCUT2D eigenvalue weighted by molar-refractivity contribution is -0.132. The van der Waals surface area contributed by atoms with E-state index in [2.05, 4.69) is 6.92 Å². The van der Waals surface area contributed by atoms with Crippen LogP contribution in [0.15, 0.2) is 18.2 Å². The highest BCUT2D eigenvalue weighted by Gasteiger charge is 2.25. The smallest absolute Gasteiger partial charge is 0.254 e. The number of methoxy groups -OCH3 is 2. The van der Waals surface area contributed by atoms with Crippen LogP contribution >= 0.6 is 0 Å². The van der Waals surface area contributed by atoms with Crippen molar-refractivity contribution in [1.29, 1.82) is 0 Å². The van der Waals surface area contributed by atoms with Gasteiger partial charge >= 0.3 is 0 Å². The van der Waals surface area contributed by atoms with Crippen molar-refractivity contribution in [2.45, 2.75) is 32.6 Å². The Morgan fingerprint density at radius 3 is 2.00 bits per heavy atom. The molecule has 0 radical (unpaired) electrons. The van der Waals surface area contributed by atoms with Gasteiger partial charge in [-0.2, -0.15) is 0 Å². The van der Waals surface area contributed by atoms with Crippen LogP contribution in [0.25, 0.3) is 0 Å². The molecule has 0 bridgehead atoms. The van der Waals surface area contributed by atoms with Gasteiger partial charge in [0.25, 0.3) is 5.91 Å². The Kier molecular flexibility index (Phi) is 7.10. The number of hydrogen-bond acceptors (Lipinski definition) is 4. The van der Waals surface area contributed by atoms with Crippen molar-refractivity contribution in [3.05, 3.63) is 23.8 Å². The molecule has 25 heavy (non-hydrogen) atoms. The Hall–Kier alpha value is -2.24. The van der Waals surface area contributed by atoms with Gasteiger partial charge < -0.3 is 19.3 Å². The first-order chi connectivity index (χ1) is 12.1. The SMILES string of the molecule is CCCCCC(=O)N1CCN(C(=O)c2cc(OC)cc(OC)c2)CC1. The van der Waals surface area contributed by atoms with Crippen LogP contribution in [0.2, 0.25) is 0 Å². The molecule has 6 nitrogen and oxygen atoms in total. The summed E-state index contributed by atoms with van der Waals surface area (Å²) >= 11 is 0. The zero-order valence-corrected chi connectivity index (χ0v) is 15.4. The number of ether oxygens (including phenoxy) is 2. The Morgan fingerprint density at radius 1 is 0.920 bits per heavy atom. The van der Waals surface area contributed by atoms with Gasteiger partial charge in [0.15, 0.2) is 0 Å². The minimum absolute atomic E-state index is 0.0599. The summed E-state index contributed by atoms with van der Waals surface area (Å²) in [7, 11) is 3.12. The number of carbonyl (C=O) groups excluding carboxylic acids is 2. The minimum Gasteiger partial charge on any atom is -0.497 e. The number of rotatable bonds is 7. The van der Waals surface area contributed by atoms with E-state index >= 15 is 0 Å². The fraction of sp³-hybridized carbons (Fsp3) is 0.579. The molecule has 0 aromatic heterocycles. The molecular formula is C19H28N2O4. The quantitative estimate of drug-likeness (QED) is 0.711. The topological polar surface area (TPSA) is 59.1 Å². The molecule has 0 atom stereocenters. The van der Waals surface area contributed by atoms with Crippen LogP contribution in [0.1, 0.15) is 43.0 Å². The van der Waals surface area contributed by atoms with Crippen LogP contribution in [0.5, 0.6) is 11.5 Å². The molecule has 0 unspecified atom stereocenters. The Labute approximate surface area is 149 Å².